The summed E-state index contributed by atoms with van der Waals surface area (Å²) >= 11 is 0. The molecule has 0 heterocycles. The SMILES string of the molecule is CC(=O)CC(=O)NC(=O)Nc1ccc(O)cc1. The van der Waals surface area contributed by atoms with Crippen LogP contribution >= 0.6 is 0 Å². The van der Waals surface area contributed by atoms with Crippen LogP contribution in [0.1, 0.15) is 13.3 Å². The summed E-state index contributed by atoms with van der Waals surface area (Å²) in [6.07, 6.45) is -0.330. The number of carbonyl (C=O) groups excluding carboxylic acids is 3. The molecule has 0 atom stereocenters. The van der Waals surface area contributed by atoms with Crippen LogP contribution in [0.3, 0.4) is 0 Å². The number of nitrogens with one attached hydrogen (secondary N) is 2. The number of phenols is 1. The second-order valence-corrected chi connectivity index (χ2v) is 3.43. The molecule has 6 nitrogen and oxygen atoms in total. The zero-order valence-electron chi connectivity index (χ0n) is 9.19. The first kappa shape index (κ1) is 12.7. The van der Waals surface area contributed by atoms with Crippen LogP contribution in [0.25, 0.3) is 0 Å². The Bertz CT molecular complexity index is 439. The van der Waals surface area contributed by atoms with E-state index in [9.17, 15) is 14.4 Å². The fourth-order valence-electron chi connectivity index (χ4n) is 1.10. The Balaban J connectivity index is 2.47. The summed E-state index contributed by atoms with van der Waals surface area (Å²) < 4.78 is 0. The number of hydrogen-bond acceptors (Lipinski definition) is 4. The van der Waals surface area contributed by atoms with Gasteiger partial charge in [0.1, 0.15) is 11.5 Å². The number of rotatable bonds is 3. The fourth-order valence-corrected chi connectivity index (χ4v) is 1.10. The lowest BCUT2D eigenvalue weighted by atomic mass is 10.3. The number of carbonyl (C=O) groups is 3. The van der Waals surface area contributed by atoms with Crippen LogP contribution < -0.4 is 10.6 Å². The van der Waals surface area contributed by atoms with Crippen molar-refractivity contribution in [3.05, 3.63) is 24.3 Å². The molecular formula is C11H12N2O4. The van der Waals surface area contributed by atoms with E-state index >= 15 is 0 Å². The van der Waals surface area contributed by atoms with Crippen LogP contribution in [-0.4, -0.2) is 22.8 Å². The molecule has 0 aliphatic heterocycles. The minimum atomic E-state index is -0.720. The van der Waals surface area contributed by atoms with Crippen LogP contribution in [0.5, 0.6) is 5.75 Å². The highest BCUT2D eigenvalue weighted by Crippen LogP contribution is 2.13. The molecule has 0 saturated heterocycles. The summed E-state index contributed by atoms with van der Waals surface area (Å²) in [5, 5.41) is 13.4. The van der Waals surface area contributed by atoms with Gasteiger partial charge in [0.15, 0.2) is 0 Å². The molecule has 0 aliphatic carbocycles. The quantitative estimate of drug-likeness (QED) is 0.539. The maximum Gasteiger partial charge on any atom is 0.325 e. The number of ketones is 1. The minimum Gasteiger partial charge on any atom is -0.508 e. The molecule has 6 heteroatoms. The molecule has 3 N–H and O–H groups in total. The molecule has 1 aromatic rings. The van der Waals surface area contributed by atoms with Gasteiger partial charge in [-0.05, 0) is 31.2 Å². The van der Waals surface area contributed by atoms with Crippen molar-refractivity contribution < 1.29 is 19.5 Å². The van der Waals surface area contributed by atoms with E-state index in [0.29, 0.717) is 5.69 Å². The summed E-state index contributed by atoms with van der Waals surface area (Å²) in [5.41, 5.74) is 0.427. The maximum absolute atomic E-state index is 11.3. The average Bonchev–Trinajstić information content (AvgIpc) is 2.19. The molecule has 1 aromatic carbocycles. The molecule has 0 aliphatic rings. The number of anilines is 1. The van der Waals surface area contributed by atoms with Gasteiger partial charge in [-0.15, -0.1) is 0 Å². The standard InChI is InChI=1S/C11H12N2O4/c1-7(14)6-10(16)13-11(17)12-8-2-4-9(15)5-3-8/h2-5,15H,6H2,1H3,(H2,12,13,16,17). The molecule has 0 radical (unpaired) electrons. The van der Waals surface area contributed by atoms with E-state index in [1.165, 1.54) is 31.2 Å². The van der Waals surface area contributed by atoms with Crippen molar-refractivity contribution in [1.29, 1.82) is 0 Å². The summed E-state index contributed by atoms with van der Waals surface area (Å²) in [6.45, 7) is 1.26. The third kappa shape index (κ3) is 4.78. The topological polar surface area (TPSA) is 95.5 Å². The second kappa shape index (κ2) is 5.64. The number of imide groups is 1. The van der Waals surface area contributed by atoms with E-state index in [-0.39, 0.29) is 18.0 Å². The number of aromatic hydroxyl groups is 1. The highest BCUT2D eigenvalue weighted by molar-refractivity contribution is 6.06. The van der Waals surface area contributed by atoms with E-state index in [2.05, 4.69) is 5.32 Å². The zero-order chi connectivity index (χ0) is 12.8. The van der Waals surface area contributed by atoms with Crippen molar-refractivity contribution in [3.63, 3.8) is 0 Å². The Labute approximate surface area is 97.6 Å². The fraction of sp³-hybridized carbons (Fsp3) is 0.182. The lowest BCUT2D eigenvalue weighted by Crippen LogP contribution is -2.35. The van der Waals surface area contributed by atoms with Crippen LogP contribution in [0.15, 0.2) is 24.3 Å². The van der Waals surface area contributed by atoms with E-state index in [1.807, 2.05) is 5.32 Å². The molecule has 1 rings (SSSR count). The molecule has 3 amide bonds. The van der Waals surface area contributed by atoms with Crippen LogP contribution in [0.2, 0.25) is 0 Å². The second-order valence-electron chi connectivity index (χ2n) is 3.43. The number of benzene rings is 1. The molecule has 17 heavy (non-hydrogen) atoms. The van der Waals surface area contributed by atoms with Gasteiger partial charge in [0.05, 0.1) is 6.42 Å². The van der Waals surface area contributed by atoms with Crippen molar-refractivity contribution >= 4 is 23.4 Å². The molecule has 0 spiro atoms. The Kier molecular flexibility index (Phi) is 4.21. The maximum atomic E-state index is 11.3. The minimum absolute atomic E-state index is 0.0728. The lowest BCUT2D eigenvalue weighted by molar-refractivity contribution is -0.126. The normalized spacial score (nSPS) is 9.47. The van der Waals surface area contributed by atoms with Gasteiger partial charge >= 0.3 is 6.03 Å². The van der Waals surface area contributed by atoms with Crippen LogP contribution in [0, 0.1) is 0 Å². The summed E-state index contributed by atoms with van der Waals surface area (Å²) in [6, 6.07) is 5.02. The van der Waals surface area contributed by atoms with Gasteiger partial charge in [0.25, 0.3) is 0 Å². The first-order valence-corrected chi connectivity index (χ1v) is 4.86. The van der Waals surface area contributed by atoms with Crippen molar-refractivity contribution in [2.75, 3.05) is 5.32 Å². The summed E-state index contributed by atoms with van der Waals surface area (Å²) in [4.78, 5) is 33.0. The largest absolute Gasteiger partial charge is 0.508 e. The van der Waals surface area contributed by atoms with E-state index in [0.717, 1.165) is 0 Å². The zero-order valence-corrected chi connectivity index (χ0v) is 9.19. The van der Waals surface area contributed by atoms with Crippen LogP contribution in [-0.2, 0) is 9.59 Å². The van der Waals surface area contributed by atoms with Crippen molar-refractivity contribution in [1.82, 2.24) is 5.32 Å². The van der Waals surface area contributed by atoms with Gasteiger partial charge in [-0.1, -0.05) is 0 Å². The third-order valence-corrected chi connectivity index (χ3v) is 1.79. The molecular weight excluding hydrogens is 224 g/mol. The van der Waals surface area contributed by atoms with Gasteiger partial charge in [0, 0.05) is 5.69 Å². The highest BCUT2D eigenvalue weighted by Gasteiger charge is 2.09. The van der Waals surface area contributed by atoms with Crippen LogP contribution in [0.4, 0.5) is 10.5 Å². The molecule has 0 bridgehead atoms. The summed E-state index contributed by atoms with van der Waals surface area (Å²) in [5.74, 6) is -0.905. The predicted octanol–water partition coefficient (Wildman–Crippen LogP) is 1.02. The lowest BCUT2D eigenvalue weighted by Gasteiger charge is -2.05. The molecule has 0 aromatic heterocycles. The monoisotopic (exact) mass is 236 g/mol. The Morgan fingerprint density at radius 1 is 1.18 bits per heavy atom. The third-order valence-electron chi connectivity index (χ3n) is 1.79. The Morgan fingerprint density at radius 2 is 1.76 bits per heavy atom. The number of amides is 3. The van der Waals surface area contributed by atoms with Crippen molar-refractivity contribution in [2.24, 2.45) is 0 Å². The molecule has 0 saturated carbocycles. The average molecular weight is 236 g/mol. The van der Waals surface area contributed by atoms with Gasteiger partial charge in [-0.2, -0.15) is 0 Å². The van der Waals surface area contributed by atoms with Gasteiger partial charge < -0.3 is 10.4 Å². The van der Waals surface area contributed by atoms with Gasteiger partial charge in [0.2, 0.25) is 5.91 Å². The van der Waals surface area contributed by atoms with Gasteiger partial charge in [-0.25, -0.2) is 4.79 Å². The Morgan fingerprint density at radius 3 is 2.29 bits per heavy atom. The Hall–Kier alpha value is -2.37. The predicted molar refractivity (Wildman–Crippen MR) is 60.6 cm³/mol. The number of phenolic OH excluding ortho intramolecular Hbond substituents is 1. The van der Waals surface area contributed by atoms with Crippen molar-refractivity contribution in [3.8, 4) is 5.75 Å². The molecule has 90 valence electrons. The number of urea groups is 1. The molecule has 0 unspecified atom stereocenters. The number of Topliss-reactive ketones (excluding diaryl/α,β-unsaturated/α-hetero) is 1. The first-order valence-electron chi connectivity index (χ1n) is 4.86. The van der Waals surface area contributed by atoms with Gasteiger partial charge in [-0.3, -0.25) is 14.9 Å². The smallest absolute Gasteiger partial charge is 0.325 e. The number of hydrogen-bond donors (Lipinski definition) is 3. The van der Waals surface area contributed by atoms with Crippen molar-refractivity contribution in [2.45, 2.75) is 13.3 Å². The highest BCUT2D eigenvalue weighted by atomic mass is 16.3. The van der Waals surface area contributed by atoms with E-state index in [1.54, 1.807) is 0 Å². The van der Waals surface area contributed by atoms with E-state index < -0.39 is 11.9 Å². The first-order chi connectivity index (χ1) is 7.97. The van der Waals surface area contributed by atoms with E-state index in [4.69, 9.17) is 5.11 Å². The molecule has 0 fully saturated rings. The summed E-state index contributed by atoms with van der Waals surface area (Å²) in [7, 11) is 0.